The highest BCUT2D eigenvalue weighted by Gasteiger charge is 2.30. The van der Waals surface area contributed by atoms with Crippen molar-refractivity contribution in [2.24, 2.45) is 4.99 Å². The number of ether oxygens (including phenoxy) is 1. The lowest BCUT2D eigenvalue weighted by Gasteiger charge is -2.11. The van der Waals surface area contributed by atoms with Crippen molar-refractivity contribution in [2.75, 3.05) is 33.8 Å². The number of halogens is 3. The van der Waals surface area contributed by atoms with Crippen LogP contribution in [0.5, 0.6) is 0 Å². The molecule has 1 aromatic carbocycles. The van der Waals surface area contributed by atoms with E-state index in [4.69, 9.17) is 4.74 Å². The highest BCUT2D eigenvalue weighted by molar-refractivity contribution is 6.04. The molecule has 0 aliphatic carbocycles. The number of carbonyl (C=O) groups excluding carboxylic acids is 1. The SMILES string of the molecule is CCCOC(=NCC[NH+](C)C)NC(=O)c1ccc(C(F)(F)F)cc1. The maximum absolute atomic E-state index is 12.5. The van der Waals surface area contributed by atoms with Crippen molar-refractivity contribution < 1.29 is 27.6 Å². The maximum Gasteiger partial charge on any atom is 0.416 e. The number of hydrogen-bond acceptors (Lipinski definition) is 3. The number of likely N-dealkylation sites (N-methyl/N-ethyl adjacent to an activating group) is 1. The van der Waals surface area contributed by atoms with E-state index in [0.29, 0.717) is 13.2 Å². The van der Waals surface area contributed by atoms with E-state index >= 15 is 0 Å². The third-order valence-electron chi connectivity index (χ3n) is 3.00. The molecular weight excluding hydrogens is 323 g/mol. The molecule has 0 atom stereocenters. The Hall–Kier alpha value is -2.09. The van der Waals surface area contributed by atoms with E-state index in [1.54, 1.807) is 0 Å². The van der Waals surface area contributed by atoms with Gasteiger partial charge in [0.1, 0.15) is 0 Å². The van der Waals surface area contributed by atoms with Crippen LogP contribution < -0.4 is 10.2 Å². The zero-order valence-electron chi connectivity index (χ0n) is 14.0. The molecule has 134 valence electrons. The topological polar surface area (TPSA) is 55.1 Å². The van der Waals surface area contributed by atoms with Gasteiger partial charge in [-0.2, -0.15) is 13.2 Å². The Balaban J connectivity index is 2.76. The van der Waals surface area contributed by atoms with Crippen molar-refractivity contribution >= 4 is 11.9 Å². The van der Waals surface area contributed by atoms with Crippen molar-refractivity contribution in [2.45, 2.75) is 19.5 Å². The molecule has 2 N–H and O–H groups in total. The van der Waals surface area contributed by atoms with Crippen LogP contribution in [0.3, 0.4) is 0 Å². The van der Waals surface area contributed by atoms with Gasteiger partial charge in [-0.3, -0.25) is 10.1 Å². The van der Waals surface area contributed by atoms with Crippen LogP contribution in [0.25, 0.3) is 0 Å². The number of amides is 1. The van der Waals surface area contributed by atoms with Gasteiger partial charge in [-0.1, -0.05) is 6.92 Å². The third kappa shape index (κ3) is 6.99. The van der Waals surface area contributed by atoms with Gasteiger partial charge in [0.05, 0.1) is 39.4 Å². The van der Waals surface area contributed by atoms with E-state index in [2.05, 4.69) is 10.3 Å². The van der Waals surface area contributed by atoms with Gasteiger partial charge >= 0.3 is 6.18 Å². The molecule has 0 bridgehead atoms. The number of carbonyl (C=O) groups is 1. The number of alkyl halides is 3. The summed E-state index contributed by atoms with van der Waals surface area (Å²) in [7, 11) is 3.95. The maximum atomic E-state index is 12.5. The monoisotopic (exact) mass is 346 g/mol. The van der Waals surface area contributed by atoms with Crippen LogP contribution in [0.1, 0.15) is 29.3 Å². The van der Waals surface area contributed by atoms with Crippen molar-refractivity contribution in [1.29, 1.82) is 0 Å². The van der Waals surface area contributed by atoms with E-state index < -0.39 is 17.6 Å². The molecule has 1 aromatic rings. The van der Waals surface area contributed by atoms with Crippen LogP contribution in [0, 0.1) is 0 Å². The van der Waals surface area contributed by atoms with Crippen LogP contribution in [0.4, 0.5) is 13.2 Å². The molecular formula is C16H23F3N3O2+. The van der Waals surface area contributed by atoms with Crippen LogP contribution in [0.15, 0.2) is 29.3 Å². The molecule has 8 heteroatoms. The Morgan fingerprint density at radius 3 is 2.38 bits per heavy atom. The number of hydrogen-bond donors (Lipinski definition) is 2. The van der Waals surface area contributed by atoms with Crippen molar-refractivity contribution in [3.8, 4) is 0 Å². The Kier molecular flexibility index (Phi) is 7.70. The molecule has 0 radical (unpaired) electrons. The van der Waals surface area contributed by atoms with Gasteiger partial charge < -0.3 is 9.64 Å². The Morgan fingerprint density at radius 2 is 1.88 bits per heavy atom. The van der Waals surface area contributed by atoms with Gasteiger partial charge in [-0.05, 0) is 30.7 Å². The second kappa shape index (κ2) is 9.27. The van der Waals surface area contributed by atoms with E-state index in [1.165, 1.54) is 4.90 Å². The number of amidine groups is 1. The minimum Gasteiger partial charge on any atom is -0.465 e. The molecule has 0 heterocycles. The fourth-order valence-corrected chi connectivity index (χ4v) is 1.68. The molecule has 0 aliphatic heterocycles. The van der Waals surface area contributed by atoms with Crippen molar-refractivity contribution in [3.63, 3.8) is 0 Å². The summed E-state index contributed by atoms with van der Waals surface area (Å²) < 4.78 is 43.0. The molecule has 0 saturated heterocycles. The molecule has 0 fully saturated rings. The van der Waals surface area contributed by atoms with E-state index in [0.717, 1.165) is 37.2 Å². The predicted molar refractivity (Wildman–Crippen MR) is 85.1 cm³/mol. The van der Waals surface area contributed by atoms with Gasteiger partial charge in [-0.25, -0.2) is 4.99 Å². The van der Waals surface area contributed by atoms with Crippen molar-refractivity contribution in [3.05, 3.63) is 35.4 Å². The minimum atomic E-state index is -4.43. The second-order valence-electron chi connectivity index (χ2n) is 5.52. The number of rotatable bonds is 6. The molecule has 0 unspecified atom stereocenters. The third-order valence-corrected chi connectivity index (χ3v) is 3.00. The van der Waals surface area contributed by atoms with E-state index in [9.17, 15) is 18.0 Å². The fourth-order valence-electron chi connectivity index (χ4n) is 1.68. The Labute approximate surface area is 139 Å². The van der Waals surface area contributed by atoms with E-state index in [1.807, 2.05) is 21.0 Å². The number of aliphatic imine (C=N–C) groups is 1. The Morgan fingerprint density at radius 1 is 1.25 bits per heavy atom. The van der Waals surface area contributed by atoms with Gasteiger partial charge in [0, 0.05) is 5.56 Å². The zero-order chi connectivity index (χ0) is 18.2. The van der Waals surface area contributed by atoms with Gasteiger partial charge in [0.25, 0.3) is 11.9 Å². The fraction of sp³-hybridized carbons (Fsp3) is 0.500. The Bertz CT molecular complexity index is 555. The summed E-state index contributed by atoms with van der Waals surface area (Å²) in [6, 6.07) is 4.07. The van der Waals surface area contributed by atoms with Gasteiger partial charge in [-0.15, -0.1) is 0 Å². The second-order valence-corrected chi connectivity index (χ2v) is 5.52. The summed E-state index contributed by atoms with van der Waals surface area (Å²) >= 11 is 0. The van der Waals surface area contributed by atoms with Gasteiger partial charge in [0.2, 0.25) is 0 Å². The molecule has 0 aromatic heterocycles. The average Bonchev–Trinajstić information content (AvgIpc) is 2.51. The summed E-state index contributed by atoms with van der Waals surface area (Å²) in [5.74, 6) is -0.559. The highest BCUT2D eigenvalue weighted by Crippen LogP contribution is 2.29. The number of benzene rings is 1. The summed E-state index contributed by atoms with van der Waals surface area (Å²) in [6.45, 7) is 3.53. The number of nitrogens with zero attached hydrogens (tertiary/aromatic N) is 1. The van der Waals surface area contributed by atoms with Crippen LogP contribution >= 0.6 is 0 Å². The average molecular weight is 346 g/mol. The summed E-state index contributed by atoms with van der Waals surface area (Å²) in [5.41, 5.74) is -0.696. The molecule has 1 rings (SSSR count). The number of quaternary nitrogens is 1. The van der Waals surface area contributed by atoms with E-state index in [-0.39, 0.29) is 11.6 Å². The molecule has 1 amide bonds. The number of nitrogens with one attached hydrogen (secondary N) is 2. The predicted octanol–water partition coefficient (Wildman–Crippen LogP) is 1.36. The molecule has 0 spiro atoms. The smallest absolute Gasteiger partial charge is 0.416 e. The lowest BCUT2D eigenvalue weighted by atomic mass is 10.1. The zero-order valence-corrected chi connectivity index (χ0v) is 14.0. The molecule has 24 heavy (non-hydrogen) atoms. The summed E-state index contributed by atoms with van der Waals surface area (Å²) in [4.78, 5) is 17.5. The van der Waals surface area contributed by atoms with Crippen LogP contribution in [-0.2, 0) is 10.9 Å². The quantitative estimate of drug-likeness (QED) is 0.604. The molecule has 0 aliphatic rings. The summed E-state index contributed by atoms with van der Waals surface area (Å²) in [5, 5.41) is 2.50. The first-order valence-corrected chi connectivity index (χ1v) is 7.69. The standard InChI is InChI=1S/C16H22F3N3O2/c1-4-11-24-15(20-9-10-22(2)3)21-14(23)12-5-7-13(8-6-12)16(17,18)19/h5-8H,4,9-11H2,1-3H3,(H,20,21,23)/p+1. The largest absolute Gasteiger partial charge is 0.465 e. The lowest BCUT2D eigenvalue weighted by Crippen LogP contribution is -3.06. The van der Waals surface area contributed by atoms with Crippen LogP contribution in [0.2, 0.25) is 0 Å². The molecule has 0 saturated carbocycles. The summed E-state index contributed by atoms with van der Waals surface area (Å²) in [6.07, 6.45) is -3.69. The normalized spacial score (nSPS) is 12.4. The van der Waals surface area contributed by atoms with Gasteiger partial charge in [0.15, 0.2) is 0 Å². The first-order chi connectivity index (χ1) is 11.2. The first-order valence-electron chi connectivity index (χ1n) is 7.69. The lowest BCUT2D eigenvalue weighted by molar-refractivity contribution is -0.856. The van der Waals surface area contributed by atoms with Crippen molar-refractivity contribution in [1.82, 2.24) is 5.32 Å². The first kappa shape index (κ1) is 20.0. The minimum absolute atomic E-state index is 0.0861. The van der Waals surface area contributed by atoms with Crippen LogP contribution in [-0.4, -0.2) is 45.7 Å². The molecule has 5 nitrogen and oxygen atoms in total. The highest BCUT2D eigenvalue weighted by atomic mass is 19.4.